The zero-order valence-corrected chi connectivity index (χ0v) is 18.4. The molecule has 0 aliphatic heterocycles. The Bertz CT molecular complexity index is 1140. The predicted molar refractivity (Wildman–Crippen MR) is 117 cm³/mol. The van der Waals surface area contributed by atoms with E-state index in [0.29, 0.717) is 17.8 Å². The molecule has 0 bridgehead atoms. The van der Waals surface area contributed by atoms with Crippen molar-refractivity contribution in [2.45, 2.75) is 39.9 Å². The molecule has 10 heteroatoms. The van der Waals surface area contributed by atoms with E-state index in [4.69, 9.17) is 0 Å². The van der Waals surface area contributed by atoms with Gasteiger partial charge in [0.05, 0.1) is 23.0 Å². The molecule has 3 aromatic rings. The third-order valence-corrected chi connectivity index (χ3v) is 4.80. The van der Waals surface area contributed by atoms with Crippen LogP contribution in [0.4, 0.5) is 18.9 Å². The summed E-state index contributed by atoms with van der Waals surface area (Å²) in [5, 5.41) is 9.71. The number of rotatable bonds is 7. The van der Waals surface area contributed by atoms with E-state index in [2.05, 4.69) is 20.7 Å². The molecule has 174 valence electrons. The Kier molecular flexibility index (Phi) is 7.15. The maximum absolute atomic E-state index is 12.7. The Morgan fingerprint density at radius 2 is 1.88 bits per heavy atom. The summed E-state index contributed by atoms with van der Waals surface area (Å²) in [6.07, 6.45) is -2.00. The largest absolute Gasteiger partial charge is 0.417 e. The molecule has 1 aromatic carbocycles. The summed E-state index contributed by atoms with van der Waals surface area (Å²) in [5.41, 5.74) is 1.29. The van der Waals surface area contributed by atoms with Gasteiger partial charge >= 0.3 is 6.18 Å². The number of pyridine rings is 1. The van der Waals surface area contributed by atoms with Crippen molar-refractivity contribution in [3.8, 4) is 5.82 Å². The van der Waals surface area contributed by atoms with Crippen LogP contribution in [0.3, 0.4) is 0 Å². The Hall–Kier alpha value is -3.69. The standard InChI is InChI=1S/C23H24F3N5O2/c1-14(2)9-21(32)30-18-6-4-5-16(10-18)11-28-22(33)19-13-29-31(15(19)3)20-8-7-17(12-27-20)23(24,25)26/h4-8,10,12-14H,9,11H2,1-3H3,(H,28,33)(H,30,32). The summed E-state index contributed by atoms with van der Waals surface area (Å²) in [6, 6.07) is 9.27. The number of carbonyl (C=O) groups is 2. The van der Waals surface area contributed by atoms with E-state index in [9.17, 15) is 22.8 Å². The van der Waals surface area contributed by atoms with Crippen LogP contribution in [0.1, 0.15) is 47.4 Å². The second kappa shape index (κ2) is 9.85. The maximum atomic E-state index is 12.7. The van der Waals surface area contributed by atoms with Gasteiger partial charge in [0, 0.05) is 24.8 Å². The van der Waals surface area contributed by atoms with E-state index in [-0.39, 0.29) is 35.7 Å². The van der Waals surface area contributed by atoms with Crippen LogP contribution in [0.25, 0.3) is 5.82 Å². The molecule has 2 heterocycles. The second-order valence-electron chi connectivity index (χ2n) is 7.99. The smallest absolute Gasteiger partial charge is 0.348 e. The molecule has 0 saturated heterocycles. The lowest BCUT2D eigenvalue weighted by Gasteiger charge is -2.10. The monoisotopic (exact) mass is 459 g/mol. The van der Waals surface area contributed by atoms with Gasteiger partial charge in [0.15, 0.2) is 5.82 Å². The van der Waals surface area contributed by atoms with E-state index in [1.807, 2.05) is 19.9 Å². The average Bonchev–Trinajstić information content (AvgIpc) is 3.12. The number of alkyl halides is 3. The van der Waals surface area contributed by atoms with Crippen molar-refractivity contribution in [2.75, 3.05) is 5.32 Å². The van der Waals surface area contributed by atoms with Crippen LogP contribution in [0.2, 0.25) is 0 Å². The quantitative estimate of drug-likeness (QED) is 0.544. The topological polar surface area (TPSA) is 88.9 Å². The SMILES string of the molecule is Cc1c(C(=O)NCc2cccc(NC(=O)CC(C)C)c2)cnn1-c1ccc(C(F)(F)F)cn1. The number of hydrogen-bond acceptors (Lipinski definition) is 4. The number of anilines is 1. The van der Waals surface area contributed by atoms with Crippen molar-refractivity contribution in [1.29, 1.82) is 0 Å². The van der Waals surface area contributed by atoms with Crippen molar-refractivity contribution in [3.63, 3.8) is 0 Å². The molecule has 0 aliphatic rings. The van der Waals surface area contributed by atoms with Crippen LogP contribution in [-0.2, 0) is 17.5 Å². The lowest BCUT2D eigenvalue weighted by atomic mass is 10.1. The minimum atomic E-state index is -4.48. The van der Waals surface area contributed by atoms with E-state index < -0.39 is 11.7 Å². The summed E-state index contributed by atoms with van der Waals surface area (Å²) in [7, 11) is 0. The van der Waals surface area contributed by atoms with Crippen LogP contribution in [-0.4, -0.2) is 26.6 Å². The molecule has 2 N–H and O–H groups in total. The van der Waals surface area contributed by atoms with Crippen LogP contribution in [0.5, 0.6) is 0 Å². The van der Waals surface area contributed by atoms with Crippen LogP contribution >= 0.6 is 0 Å². The van der Waals surface area contributed by atoms with E-state index in [1.165, 1.54) is 16.9 Å². The lowest BCUT2D eigenvalue weighted by molar-refractivity contribution is -0.137. The van der Waals surface area contributed by atoms with Gasteiger partial charge in [-0.05, 0) is 42.7 Å². The van der Waals surface area contributed by atoms with Crippen molar-refractivity contribution in [3.05, 3.63) is 71.2 Å². The fourth-order valence-electron chi connectivity index (χ4n) is 3.16. The van der Waals surface area contributed by atoms with E-state index in [1.54, 1.807) is 25.1 Å². The fraction of sp³-hybridized carbons (Fsp3) is 0.304. The van der Waals surface area contributed by atoms with Gasteiger partial charge in [0.25, 0.3) is 5.91 Å². The van der Waals surface area contributed by atoms with Gasteiger partial charge in [-0.15, -0.1) is 0 Å². The highest BCUT2D eigenvalue weighted by Gasteiger charge is 2.30. The first-order valence-electron chi connectivity index (χ1n) is 10.3. The van der Waals surface area contributed by atoms with Gasteiger partial charge in [-0.2, -0.15) is 18.3 Å². The normalized spacial score (nSPS) is 11.5. The molecule has 33 heavy (non-hydrogen) atoms. The van der Waals surface area contributed by atoms with Gasteiger partial charge in [0.1, 0.15) is 0 Å². The molecule has 0 spiro atoms. The minimum absolute atomic E-state index is 0.0777. The molecule has 7 nitrogen and oxygen atoms in total. The highest BCUT2D eigenvalue weighted by molar-refractivity contribution is 5.95. The highest BCUT2D eigenvalue weighted by Crippen LogP contribution is 2.28. The molecule has 0 aliphatic carbocycles. The molecular weight excluding hydrogens is 435 g/mol. The van der Waals surface area contributed by atoms with Gasteiger partial charge in [0.2, 0.25) is 5.91 Å². The summed E-state index contributed by atoms with van der Waals surface area (Å²) in [6.45, 7) is 5.77. The number of carbonyl (C=O) groups excluding carboxylic acids is 2. The zero-order chi connectivity index (χ0) is 24.2. The molecule has 0 saturated carbocycles. The van der Waals surface area contributed by atoms with Crippen LogP contribution in [0, 0.1) is 12.8 Å². The second-order valence-corrected chi connectivity index (χ2v) is 7.99. The maximum Gasteiger partial charge on any atom is 0.417 e. The Morgan fingerprint density at radius 1 is 1.12 bits per heavy atom. The molecule has 0 radical (unpaired) electrons. The average molecular weight is 459 g/mol. The fourth-order valence-corrected chi connectivity index (χ4v) is 3.16. The van der Waals surface area contributed by atoms with Crippen LogP contribution in [0.15, 0.2) is 48.8 Å². The first kappa shape index (κ1) is 24.0. The zero-order valence-electron chi connectivity index (χ0n) is 18.4. The lowest BCUT2D eigenvalue weighted by Crippen LogP contribution is -2.23. The number of benzene rings is 1. The minimum Gasteiger partial charge on any atom is -0.348 e. The van der Waals surface area contributed by atoms with Crippen LogP contribution < -0.4 is 10.6 Å². The van der Waals surface area contributed by atoms with Gasteiger partial charge in [-0.1, -0.05) is 26.0 Å². The molecule has 3 rings (SSSR count). The number of aromatic nitrogens is 3. The first-order chi connectivity index (χ1) is 15.5. The summed E-state index contributed by atoms with van der Waals surface area (Å²) >= 11 is 0. The molecule has 2 aromatic heterocycles. The van der Waals surface area contributed by atoms with Crippen molar-refractivity contribution in [2.24, 2.45) is 5.92 Å². The first-order valence-corrected chi connectivity index (χ1v) is 10.3. The van der Waals surface area contributed by atoms with Gasteiger partial charge in [-0.25, -0.2) is 9.67 Å². The number of hydrogen-bond donors (Lipinski definition) is 2. The Morgan fingerprint density at radius 3 is 2.52 bits per heavy atom. The van der Waals surface area contributed by atoms with Crippen molar-refractivity contribution in [1.82, 2.24) is 20.1 Å². The third-order valence-electron chi connectivity index (χ3n) is 4.80. The number of amides is 2. The summed E-state index contributed by atoms with van der Waals surface area (Å²) < 4.78 is 39.5. The molecule has 0 fully saturated rings. The molecule has 0 unspecified atom stereocenters. The van der Waals surface area contributed by atoms with Crippen molar-refractivity contribution >= 4 is 17.5 Å². The predicted octanol–water partition coefficient (Wildman–Crippen LogP) is 4.51. The molecule has 0 atom stereocenters. The summed E-state index contributed by atoms with van der Waals surface area (Å²) in [4.78, 5) is 28.4. The van der Waals surface area contributed by atoms with Crippen molar-refractivity contribution < 1.29 is 22.8 Å². The summed E-state index contributed by atoms with van der Waals surface area (Å²) in [5.74, 6) is -0.0511. The van der Waals surface area contributed by atoms with Gasteiger partial charge < -0.3 is 10.6 Å². The Labute approximate surface area is 189 Å². The third kappa shape index (κ3) is 6.18. The number of nitrogens with zero attached hydrogens (tertiary/aromatic N) is 3. The van der Waals surface area contributed by atoms with Gasteiger partial charge in [-0.3, -0.25) is 9.59 Å². The number of nitrogens with one attached hydrogen (secondary N) is 2. The molecule has 2 amide bonds. The number of halogens is 3. The Balaban J connectivity index is 1.66. The molecular formula is C23H24F3N5O2. The van der Waals surface area contributed by atoms with E-state index in [0.717, 1.165) is 17.8 Å². The highest BCUT2D eigenvalue weighted by atomic mass is 19.4. The van der Waals surface area contributed by atoms with E-state index >= 15 is 0 Å².